The van der Waals surface area contributed by atoms with Crippen molar-refractivity contribution in [1.29, 1.82) is 0 Å². The molecule has 2 bridgehead atoms. The molecule has 3 aliphatic rings. The number of benzene rings is 2. The summed E-state index contributed by atoms with van der Waals surface area (Å²) in [5, 5.41) is 5.83. The van der Waals surface area contributed by atoms with Crippen LogP contribution in [0.5, 0.6) is 0 Å². The summed E-state index contributed by atoms with van der Waals surface area (Å²) < 4.78 is 5.42. The molecule has 5 atom stereocenters. The molecule has 2 aromatic rings. The summed E-state index contributed by atoms with van der Waals surface area (Å²) in [6, 6.07) is 12.8. The van der Waals surface area contributed by atoms with E-state index in [2.05, 4.69) is 10.6 Å². The molecule has 1 aliphatic heterocycles. The fourth-order valence-corrected chi connectivity index (χ4v) is 5.58. The molecule has 2 saturated carbocycles. The first kappa shape index (κ1) is 18.9. The van der Waals surface area contributed by atoms with Crippen LogP contribution in [0.4, 0.5) is 11.4 Å². The highest BCUT2D eigenvalue weighted by Gasteiger charge is 2.63. The third-order valence-electron chi connectivity index (χ3n) is 6.66. The summed E-state index contributed by atoms with van der Waals surface area (Å²) in [6.07, 6.45) is 1.68. The van der Waals surface area contributed by atoms with Gasteiger partial charge in [-0.3, -0.25) is 14.4 Å². The van der Waals surface area contributed by atoms with Gasteiger partial charge in [-0.1, -0.05) is 12.1 Å². The minimum absolute atomic E-state index is 0.00818. The second-order valence-electron chi connectivity index (χ2n) is 8.82. The van der Waals surface area contributed by atoms with Crippen molar-refractivity contribution in [2.75, 3.05) is 10.6 Å². The average molecular weight is 404 g/mol. The Morgan fingerprint density at radius 1 is 0.967 bits per heavy atom. The molecular weight excluding hydrogens is 380 g/mol. The summed E-state index contributed by atoms with van der Waals surface area (Å²) >= 11 is 0. The lowest BCUT2D eigenvalue weighted by Gasteiger charge is -2.23. The van der Waals surface area contributed by atoms with E-state index in [-0.39, 0.29) is 47.6 Å². The highest BCUT2D eigenvalue weighted by molar-refractivity contribution is 6.05. The first-order chi connectivity index (χ1) is 14.4. The largest absolute Gasteiger partial charge is 0.462 e. The number of hydrogen-bond acceptors (Lipinski definition) is 4. The molecule has 0 aromatic heterocycles. The Labute approximate surface area is 175 Å². The van der Waals surface area contributed by atoms with Crippen LogP contribution in [0.1, 0.15) is 34.3 Å². The number of anilines is 2. The molecule has 6 nitrogen and oxygen atoms in total. The molecule has 0 radical (unpaired) electrons. The van der Waals surface area contributed by atoms with Crippen molar-refractivity contribution in [1.82, 2.24) is 0 Å². The Morgan fingerprint density at radius 2 is 1.73 bits per heavy atom. The van der Waals surface area contributed by atoms with Crippen molar-refractivity contribution in [2.24, 2.45) is 23.7 Å². The second kappa shape index (κ2) is 6.97. The van der Waals surface area contributed by atoms with Crippen molar-refractivity contribution < 1.29 is 19.1 Å². The molecule has 6 heteroatoms. The fourth-order valence-electron chi connectivity index (χ4n) is 5.58. The van der Waals surface area contributed by atoms with Crippen LogP contribution >= 0.6 is 0 Å². The van der Waals surface area contributed by atoms with E-state index in [0.29, 0.717) is 11.3 Å². The number of carbonyl (C=O) groups is 3. The lowest BCUT2D eigenvalue weighted by Crippen LogP contribution is -2.35. The molecule has 2 aliphatic carbocycles. The monoisotopic (exact) mass is 404 g/mol. The molecule has 1 saturated heterocycles. The maximum absolute atomic E-state index is 13.0. The Balaban J connectivity index is 1.30. The molecule has 154 valence electrons. The van der Waals surface area contributed by atoms with Gasteiger partial charge in [0.2, 0.25) is 5.91 Å². The van der Waals surface area contributed by atoms with E-state index in [1.807, 2.05) is 32.0 Å². The van der Waals surface area contributed by atoms with Gasteiger partial charge < -0.3 is 15.4 Å². The van der Waals surface area contributed by atoms with Gasteiger partial charge in [-0.05, 0) is 74.1 Å². The SMILES string of the molecule is Cc1cc(C)cc(NC(=O)c2cccc(NC(=O)[C@@H]3[C@@H]4C[C@@H]5[C@@H]3C(=O)O[C@H]5C4)c2)c1. The van der Waals surface area contributed by atoms with E-state index < -0.39 is 0 Å². The van der Waals surface area contributed by atoms with Crippen LogP contribution in [0.3, 0.4) is 0 Å². The number of hydrogen-bond donors (Lipinski definition) is 2. The van der Waals surface area contributed by atoms with Crippen molar-refractivity contribution in [3.8, 4) is 0 Å². The molecule has 0 spiro atoms. The van der Waals surface area contributed by atoms with E-state index in [1.165, 1.54) is 0 Å². The Hall–Kier alpha value is -3.15. The quantitative estimate of drug-likeness (QED) is 0.761. The van der Waals surface area contributed by atoms with E-state index in [1.54, 1.807) is 24.3 Å². The zero-order chi connectivity index (χ0) is 21.0. The lowest BCUT2D eigenvalue weighted by atomic mass is 9.79. The van der Waals surface area contributed by atoms with Gasteiger partial charge in [-0.25, -0.2) is 0 Å². The summed E-state index contributed by atoms with van der Waals surface area (Å²) in [5.74, 6) is -0.888. The van der Waals surface area contributed by atoms with Crippen molar-refractivity contribution in [3.05, 3.63) is 59.2 Å². The molecule has 2 N–H and O–H groups in total. The average Bonchev–Trinajstić information content (AvgIpc) is 3.30. The first-order valence-corrected chi connectivity index (χ1v) is 10.4. The maximum Gasteiger partial charge on any atom is 0.310 e. The fraction of sp³-hybridized carbons (Fsp3) is 0.375. The summed E-state index contributed by atoms with van der Waals surface area (Å²) in [7, 11) is 0. The maximum atomic E-state index is 13.0. The zero-order valence-electron chi connectivity index (χ0n) is 17.0. The van der Waals surface area contributed by atoms with Gasteiger partial charge in [-0.2, -0.15) is 0 Å². The number of rotatable bonds is 4. The Morgan fingerprint density at radius 3 is 2.50 bits per heavy atom. The van der Waals surface area contributed by atoms with Crippen LogP contribution < -0.4 is 10.6 Å². The van der Waals surface area contributed by atoms with E-state index >= 15 is 0 Å². The van der Waals surface area contributed by atoms with Crippen molar-refractivity contribution >= 4 is 29.2 Å². The summed E-state index contributed by atoms with van der Waals surface area (Å²) in [5.41, 5.74) is 3.90. The smallest absolute Gasteiger partial charge is 0.310 e. The van der Waals surface area contributed by atoms with Crippen LogP contribution in [0.15, 0.2) is 42.5 Å². The predicted octanol–water partition coefficient (Wildman–Crippen LogP) is 3.69. The molecular formula is C24H24N2O4. The van der Waals surface area contributed by atoms with Gasteiger partial charge in [0.15, 0.2) is 0 Å². The molecule has 1 heterocycles. The van der Waals surface area contributed by atoms with Gasteiger partial charge >= 0.3 is 5.97 Å². The highest BCUT2D eigenvalue weighted by atomic mass is 16.6. The highest BCUT2D eigenvalue weighted by Crippen LogP contribution is 2.57. The minimum atomic E-state index is -0.339. The summed E-state index contributed by atoms with van der Waals surface area (Å²) in [4.78, 5) is 37.8. The van der Waals surface area contributed by atoms with Gasteiger partial charge in [-0.15, -0.1) is 0 Å². The van der Waals surface area contributed by atoms with Crippen LogP contribution in [0, 0.1) is 37.5 Å². The normalized spacial score (nSPS) is 28.3. The number of nitrogens with one attached hydrogen (secondary N) is 2. The third-order valence-corrected chi connectivity index (χ3v) is 6.66. The van der Waals surface area contributed by atoms with Crippen LogP contribution in [-0.4, -0.2) is 23.9 Å². The van der Waals surface area contributed by atoms with E-state index in [4.69, 9.17) is 4.74 Å². The summed E-state index contributed by atoms with van der Waals surface area (Å²) in [6.45, 7) is 3.97. The zero-order valence-corrected chi connectivity index (χ0v) is 17.0. The number of aryl methyl sites for hydroxylation is 2. The van der Waals surface area contributed by atoms with Gasteiger partial charge in [0.1, 0.15) is 6.10 Å². The van der Waals surface area contributed by atoms with Crippen LogP contribution in [0.25, 0.3) is 0 Å². The van der Waals surface area contributed by atoms with Gasteiger partial charge in [0.05, 0.1) is 11.8 Å². The molecule has 5 rings (SSSR count). The van der Waals surface area contributed by atoms with Crippen molar-refractivity contribution in [2.45, 2.75) is 32.8 Å². The van der Waals surface area contributed by atoms with Gasteiger partial charge in [0, 0.05) is 22.9 Å². The Bertz CT molecular complexity index is 1040. The minimum Gasteiger partial charge on any atom is -0.462 e. The van der Waals surface area contributed by atoms with Crippen LogP contribution in [-0.2, 0) is 14.3 Å². The van der Waals surface area contributed by atoms with Crippen LogP contribution in [0.2, 0.25) is 0 Å². The van der Waals surface area contributed by atoms with Crippen molar-refractivity contribution in [3.63, 3.8) is 0 Å². The van der Waals surface area contributed by atoms with E-state index in [9.17, 15) is 14.4 Å². The number of amides is 2. The third kappa shape index (κ3) is 3.16. The predicted molar refractivity (Wildman–Crippen MR) is 112 cm³/mol. The molecule has 0 unspecified atom stereocenters. The standard InChI is InChI=1S/C24H24N2O4/c1-12-6-13(2)8-17(7-12)26-22(27)14-4-3-5-16(9-14)25-23(28)20-15-10-18-19(11-15)30-24(29)21(18)20/h3-9,15,18-21H,10-11H2,1-2H3,(H,25,28)(H,26,27)/t15-,18+,19+,20-,21+/m1/s1. The first-order valence-electron chi connectivity index (χ1n) is 10.4. The molecule has 2 aromatic carbocycles. The van der Waals surface area contributed by atoms with Gasteiger partial charge in [0.25, 0.3) is 5.91 Å². The Kier molecular flexibility index (Phi) is 4.38. The molecule has 30 heavy (non-hydrogen) atoms. The number of esters is 1. The molecule has 2 amide bonds. The number of carbonyl (C=O) groups excluding carboxylic acids is 3. The molecule has 3 fully saturated rings. The van der Waals surface area contributed by atoms with E-state index in [0.717, 1.165) is 29.7 Å². The second-order valence-corrected chi connectivity index (χ2v) is 8.82. The number of fused-ring (bicyclic) bond motifs is 1. The number of ether oxygens (including phenoxy) is 1. The lowest BCUT2D eigenvalue weighted by molar-refractivity contribution is -0.145. The topological polar surface area (TPSA) is 84.5 Å².